The van der Waals surface area contributed by atoms with E-state index in [-0.39, 0.29) is 11.6 Å². The molecule has 0 aromatic rings. The van der Waals surface area contributed by atoms with Crippen LogP contribution in [0.1, 0.15) is 52.4 Å². The third kappa shape index (κ3) is 1.48. The number of hydrogen-bond donors (Lipinski definition) is 0. The topological polar surface area (TPSA) is 38.8 Å². The Hall–Kier alpha value is -0.570. The number of carbonyl (C=O) groups excluding carboxylic acids is 1. The zero-order chi connectivity index (χ0) is 10.9. The molecule has 0 aromatic carbocycles. The smallest absolute Gasteiger partial charge is 0.341 e. The lowest BCUT2D eigenvalue weighted by Gasteiger charge is -2.22. The monoisotopic (exact) mass is 212 g/mol. The van der Waals surface area contributed by atoms with Gasteiger partial charge in [-0.15, -0.1) is 0 Å². The summed E-state index contributed by atoms with van der Waals surface area (Å²) < 4.78 is 11.0. The number of hydrogen-bond acceptors (Lipinski definition) is 3. The van der Waals surface area contributed by atoms with Gasteiger partial charge in [-0.25, -0.2) is 4.79 Å². The van der Waals surface area contributed by atoms with Gasteiger partial charge in [0.2, 0.25) is 0 Å². The van der Waals surface area contributed by atoms with Gasteiger partial charge < -0.3 is 9.47 Å². The van der Waals surface area contributed by atoms with E-state index in [9.17, 15) is 4.79 Å². The lowest BCUT2D eigenvalue weighted by atomic mass is 9.78. The van der Waals surface area contributed by atoms with Crippen LogP contribution in [-0.4, -0.2) is 23.8 Å². The largest absolute Gasteiger partial charge is 0.463 e. The van der Waals surface area contributed by atoms with Crippen molar-refractivity contribution in [3.05, 3.63) is 0 Å². The highest BCUT2D eigenvalue weighted by atomic mass is 16.7. The zero-order valence-corrected chi connectivity index (χ0v) is 9.67. The maximum atomic E-state index is 11.9. The Kier molecular flexibility index (Phi) is 2.75. The van der Waals surface area contributed by atoms with E-state index in [0.29, 0.717) is 6.61 Å². The summed E-state index contributed by atoms with van der Waals surface area (Å²) in [6, 6.07) is 0. The molecular formula is C12H20O3. The summed E-state index contributed by atoms with van der Waals surface area (Å²) in [6.45, 7) is 4.62. The van der Waals surface area contributed by atoms with Gasteiger partial charge in [0.15, 0.2) is 5.60 Å². The second-order valence-electron chi connectivity index (χ2n) is 4.62. The van der Waals surface area contributed by atoms with Crippen molar-refractivity contribution >= 4 is 5.97 Å². The van der Waals surface area contributed by atoms with Gasteiger partial charge in [-0.3, -0.25) is 0 Å². The van der Waals surface area contributed by atoms with Crippen molar-refractivity contribution in [1.29, 1.82) is 0 Å². The Morgan fingerprint density at radius 3 is 2.73 bits per heavy atom. The summed E-state index contributed by atoms with van der Waals surface area (Å²) >= 11 is 0. The molecule has 0 N–H and O–H groups in total. The van der Waals surface area contributed by atoms with Gasteiger partial charge in [0.25, 0.3) is 0 Å². The molecule has 1 saturated heterocycles. The number of fused-ring (bicyclic) bond motifs is 1. The summed E-state index contributed by atoms with van der Waals surface area (Å²) in [7, 11) is 0. The van der Waals surface area contributed by atoms with Crippen LogP contribution in [0.3, 0.4) is 0 Å². The standard InChI is InChI=1S/C12H20O3/c1-3-9-14-10(13)12-8-6-5-7-11(12,4-2)15-12/h3-9H2,1-2H3. The van der Waals surface area contributed by atoms with Crippen LogP contribution in [0.5, 0.6) is 0 Å². The molecule has 86 valence electrons. The fraction of sp³-hybridized carbons (Fsp3) is 0.917. The molecule has 2 unspecified atom stereocenters. The first kappa shape index (κ1) is 10.9. The maximum absolute atomic E-state index is 11.9. The summed E-state index contributed by atoms with van der Waals surface area (Å²) in [6.07, 6.45) is 5.93. The average molecular weight is 212 g/mol. The van der Waals surface area contributed by atoms with Crippen molar-refractivity contribution in [2.24, 2.45) is 0 Å². The predicted octanol–water partition coefficient (Wildman–Crippen LogP) is 2.43. The molecule has 0 radical (unpaired) electrons. The van der Waals surface area contributed by atoms with E-state index in [1.54, 1.807) is 0 Å². The SMILES string of the molecule is CCCOC(=O)C12CCCCC1(CC)O2. The van der Waals surface area contributed by atoms with Gasteiger partial charge in [-0.05, 0) is 32.1 Å². The highest BCUT2D eigenvalue weighted by Crippen LogP contribution is 2.59. The number of rotatable bonds is 4. The van der Waals surface area contributed by atoms with E-state index in [4.69, 9.17) is 9.47 Å². The van der Waals surface area contributed by atoms with Crippen molar-refractivity contribution in [3.63, 3.8) is 0 Å². The Morgan fingerprint density at radius 2 is 2.07 bits per heavy atom. The van der Waals surface area contributed by atoms with E-state index < -0.39 is 5.60 Å². The van der Waals surface area contributed by atoms with Crippen LogP contribution in [0.4, 0.5) is 0 Å². The summed E-state index contributed by atoms with van der Waals surface area (Å²) in [5.74, 6) is -0.120. The highest BCUT2D eigenvalue weighted by Gasteiger charge is 2.74. The Bertz CT molecular complexity index is 264. The van der Waals surface area contributed by atoms with Crippen LogP contribution < -0.4 is 0 Å². The molecule has 2 aliphatic rings. The molecule has 1 heterocycles. The lowest BCUT2D eigenvalue weighted by Crippen LogP contribution is -2.38. The van der Waals surface area contributed by atoms with Gasteiger partial charge >= 0.3 is 5.97 Å². The molecule has 0 amide bonds. The van der Waals surface area contributed by atoms with Crippen molar-refractivity contribution in [3.8, 4) is 0 Å². The van der Waals surface area contributed by atoms with Gasteiger partial charge in [0.05, 0.1) is 6.61 Å². The number of ether oxygens (including phenoxy) is 2. The molecule has 3 nitrogen and oxygen atoms in total. The van der Waals surface area contributed by atoms with Crippen LogP contribution >= 0.6 is 0 Å². The third-order valence-electron chi connectivity index (χ3n) is 3.76. The third-order valence-corrected chi connectivity index (χ3v) is 3.76. The first-order valence-corrected chi connectivity index (χ1v) is 6.08. The van der Waals surface area contributed by atoms with E-state index in [0.717, 1.165) is 32.1 Å². The molecule has 1 aliphatic carbocycles. The Labute approximate surface area is 91.1 Å². The van der Waals surface area contributed by atoms with Crippen LogP contribution in [0.2, 0.25) is 0 Å². The molecular weight excluding hydrogens is 192 g/mol. The normalized spacial score (nSPS) is 38.3. The summed E-state index contributed by atoms with van der Waals surface area (Å²) in [5.41, 5.74) is -0.731. The van der Waals surface area contributed by atoms with Crippen molar-refractivity contribution in [2.45, 2.75) is 63.6 Å². The molecule has 1 saturated carbocycles. The summed E-state index contributed by atoms with van der Waals surface area (Å²) in [5, 5.41) is 0. The molecule has 2 fully saturated rings. The van der Waals surface area contributed by atoms with Crippen LogP contribution in [0.15, 0.2) is 0 Å². The fourth-order valence-electron chi connectivity index (χ4n) is 2.80. The van der Waals surface area contributed by atoms with Gasteiger partial charge in [-0.2, -0.15) is 0 Å². The molecule has 0 bridgehead atoms. The molecule has 1 aliphatic heterocycles. The van der Waals surface area contributed by atoms with Gasteiger partial charge in [-0.1, -0.05) is 20.3 Å². The second kappa shape index (κ2) is 3.78. The Morgan fingerprint density at radius 1 is 1.33 bits per heavy atom. The van der Waals surface area contributed by atoms with Crippen LogP contribution in [0, 0.1) is 0 Å². The number of carbonyl (C=O) groups is 1. The number of esters is 1. The van der Waals surface area contributed by atoms with E-state index in [2.05, 4.69) is 6.92 Å². The van der Waals surface area contributed by atoms with Crippen LogP contribution in [0.25, 0.3) is 0 Å². The quantitative estimate of drug-likeness (QED) is 0.530. The van der Waals surface area contributed by atoms with Gasteiger partial charge in [0.1, 0.15) is 5.60 Å². The molecule has 15 heavy (non-hydrogen) atoms. The molecule has 2 atom stereocenters. The van der Waals surface area contributed by atoms with E-state index >= 15 is 0 Å². The lowest BCUT2D eigenvalue weighted by molar-refractivity contribution is -0.150. The van der Waals surface area contributed by atoms with Gasteiger partial charge in [0, 0.05) is 0 Å². The Balaban J connectivity index is 2.04. The first-order chi connectivity index (χ1) is 7.21. The fourth-order valence-corrected chi connectivity index (χ4v) is 2.80. The first-order valence-electron chi connectivity index (χ1n) is 6.08. The second-order valence-corrected chi connectivity index (χ2v) is 4.62. The molecule has 0 spiro atoms. The molecule has 3 heteroatoms. The minimum absolute atomic E-state index is 0.120. The average Bonchev–Trinajstić information content (AvgIpc) is 2.97. The minimum atomic E-state index is -0.560. The summed E-state index contributed by atoms with van der Waals surface area (Å²) in [4.78, 5) is 11.9. The highest BCUT2D eigenvalue weighted by molar-refractivity contribution is 5.85. The minimum Gasteiger partial charge on any atom is -0.463 e. The van der Waals surface area contributed by atoms with Crippen molar-refractivity contribution < 1.29 is 14.3 Å². The number of epoxide rings is 1. The van der Waals surface area contributed by atoms with Crippen molar-refractivity contribution in [1.82, 2.24) is 0 Å². The van der Waals surface area contributed by atoms with Crippen molar-refractivity contribution in [2.75, 3.05) is 6.61 Å². The molecule has 2 rings (SSSR count). The van der Waals surface area contributed by atoms with Crippen LogP contribution in [-0.2, 0) is 14.3 Å². The zero-order valence-electron chi connectivity index (χ0n) is 9.67. The maximum Gasteiger partial charge on any atom is 0.341 e. The predicted molar refractivity (Wildman–Crippen MR) is 56.6 cm³/mol. The van der Waals surface area contributed by atoms with E-state index in [1.807, 2.05) is 6.92 Å². The molecule has 0 aromatic heterocycles. The van der Waals surface area contributed by atoms with E-state index in [1.165, 1.54) is 6.42 Å².